The Morgan fingerprint density at radius 3 is 2.55 bits per heavy atom. The van der Waals surface area contributed by atoms with Crippen molar-refractivity contribution in [3.05, 3.63) is 52.7 Å². The largest absolute Gasteiger partial charge is 0.354 e. The Balaban J connectivity index is 1.74. The van der Waals surface area contributed by atoms with Crippen molar-refractivity contribution in [3.63, 3.8) is 0 Å². The van der Waals surface area contributed by atoms with Gasteiger partial charge in [0.1, 0.15) is 17.4 Å². The summed E-state index contributed by atoms with van der Waals surface area (Å²) in [6, 6.07) is 5.53. The van der Waals surface area contributed by atoms with Crippen LogP contribution in [0.25, 0.3) is 22.0 Å². The molecule has 1 saturated heterocycles. The molecule has 2 atom stereocenters. The third kappa shape index (κ3) is 3.92. The van der Waals surface area contributed by atoms with Crippen LogP contribution in [0, 0.1) is 11.6 Å². The summed E-state index contributed by atoms with van der Waals surface area (Å²) in [5.74, 6) is -1.46. The summed E-state index contributed by atoms with van der Waals surface area (Å²) in [7, 11) is 1.65. The lowest BCUT2D eigenvalue weighted by molar-refractivity contribution is -0.135. The quantitative estimate of drug-likeness (QED) is 0.405. The lowest BCUT2D eigenvalue weighted by atomic mass is 9.81. The molecule has 3 aromatic rings. The third-order valence-electron chi connectivity index (χ3n) is 7.70. The number of piperazine rings is 1. The van der Waals surface area contributed by atoms with E-state index in [1.165, 1.54) is 17.2 Å². The highest BCUT2D eigenvalue weighted by molar-refractivity contribution is 6.34. The Morgan fingerprint density at radius 1 is 1.18 bits per heavy atom. The summed E-state index contributed by atoms with van der Waals surface area (Å²) < 4.78 is 31.6. The number of hydrogen-bond donors (Lipinski definition) is 0. The van der Waals surface area contributed by atoms with Crippen LogP contribution in [-0.2, 0) is 15.0 Å². The Kier molecular flexibility index (Phi) is 6.37. The highest BCUT2D eigenvalue weighted by Gasteiger charge is 2.44. The van der Waals surface area contributed by atoms with Gasteiger partial charge in [0, 0.05) is 42.6 Å². The highest BCUT2D eigenvalue weighted by Crippen LogP contribution is 2.47. The Morgan fingerprint density at radius 2 is 1.89 bits per heavy atom. The Labute approximate surface area is 226 Å². The maximum absolute atomic E-state index is 16.4. The van der Waals surface area contributed by atoms with Crippen LogP contribution in [0.3, 0.4) is 0 Å². The molecule has 3 heterocycles. The first-order valence-corrected chi connectivity index (χ1v) is 13.2. The van der Waals surface area contributed by atoms with Gasteiger partial charge in [0.2, 0.25) is 5.91 Å². The smallest absolute Gasteiger partial charge is 0.251 e. The number of aromatic nitrogens is 1. The summed E-state index contributed by atoms with van der Waals surface area (Å²) in [5, 5.41) is 0.499. The number of nitrogens with zero attached hydrogens (tertiary/aromatic N) is 4. The molecule has 0 unspecified atom stereocenters. The van der Waals surface area contributed by atoms with Crippen molar-refractivity contribution in [2.24, 2.45) is 0 Å². The minimum atomic E-state index is -0.713. The number of halogens is 3. The second-order valence-corrected chi connectivity index (χ2v) is 11.6. The average Bonchev–Trinajstić information content (AvgIpc) is 2.86. The average molecular weight is 541 g/mol. The Bertz CT molecular complexity index is 1490. The number of carbonyl (C=O) groups excluding carboxylic acids is 2. The minimum absolute atomic E-state index is 0.0174. The molecule has 200 valence electrons. The van der Waals surface area contributed by atoms with E-state index in [0.29, 0.717) is 35.3 Å². The van der Waals surface area contributed by atoms with Crippen molar-refractivity contribution in [2.75, 3.05) is 29.9 Å². The van der Waals surface area contributed by atoms with E-state index in [1.54, 1.807) is 37.1 Å². The number of benzene rings is 2. The van der Waals surface area contributed by atoms with Gasteiger partial charge in [0.15, 0.2) is 5.82 Å². The molecule has 0 spiro atoms. The second kappa shape index (κ2) is 9.19. The van der Waals surface area contributed by atoms with Crippen LogP contribution in [-0.4, -0.2) is 53.9 Å². The van der Waals surface area contributed by atoms with E-state index in [4.69, 9.17) is 11.6 Å². The lowest BCUT2D eigenvalue weighted by Gasteiger charge is -2.50. The first kappa shape index (κ1) is 26.4. The van der Waals surface area contributed by atoms with Gasteiger partial charge in [-0.1, -0.05) is 51.4 Å². The standard InChI is InChI=1S/C29H31ClF2N4O2/c1-7-22(37)35-14-21-28(38)34(6)20-12-33-26-16(27(20)36(21)13-15(35)2)11-18(30)24(25(26)32)23-17(29(3,4)5)9-8-10-19(23)31/h8-12,15,21H,7,13-14H2,1-6H3/t15-,21-/m1/s1. The number of carbonyl (C=O) groups is 2. The van der Waals surface area contributed by atoms with Crippen LogP contribution < -0.4 is 9.80 Å². The van der Waals surface area contributed by atoms with Gasteiger partial charge in [-0.05, 0) is 30.0 Å². The first-order valence-electron chi connectivity index (χ1n) is 12.8. The van der Waals surface area contributed by atoms with Crippen LogP contribution in [0.15, 0.2) is 30.5 Å². The zero-order chi connectivity index (χ0) is 27.7. The van der Waals surface area contributed by atoms with Crippen LogP contribution in [0.2, 0.25) is 5.02 Å². The lowest BCUT2D eigenvalue weighted by Crippen LogP contribution is -2.65. The molecule has 0 N–H and O–H groups in total. The molecule has 2 aliphatic heterocycles. The van der Waals surface area contributed by atoms with Gasteiger partial charge in [0.05, 0.1) is 29.1 Å². The molecule has 2 aliphatic rings. The SMILES string of the molecule is CCC(=O)N1C[C@@H]2C(=O)N(C)c3cnc4c(F)c(-c5c(F)cccc5C(C)(C)C)c(Cl)cc4c3N2C[C@H]1C. The van der Waals surface area contributed by atoms with Gasteiger partial charge < -0.3 is 14.7 Å². The topological polar surface area (TPSA) is 56.8 Å². The van der Waals surface area contributed by atoms with E-state index < -0.39 is 23.1 Å². The predicted molar refractivity (Wildman–Crippen MR) is 147 cm³/mol. The molecule has 9 heteroatoms. The van der Waals surface area contributed by atoms with E-state index >= 15 is 8.78 Å². The molecule has 5 rings (SSSR count). The van der Waals surface area contributed by atoms with Crippen molar-refractivity contribution >= 4 is 45.7 Å². The number of rotatable bonds is 2. The second-order valence-electron chi connectivity index (χ2n) is 11.2. The zero-order valence-corrected chi connectivity index (χ0v) is 23.2. The molecule has 6 nitrogen and oxygen atoms in total. The number of hydrogen-bond acceptors (Lipinski definition) is 4. The third-order valence-corrected chi connectivity index (χ3v) is 8.00. The van der Waals surface area contributed by atoms with Crippen LogP contribution in [0.4, 0.5) is 20.2 Å². The number of fused-ring (bicyclic) bond motifs is 5. The number of pyridine rings is 1. The van der Waals surface area contributed by atoms with Crippen molar-refractivity contribution in [1.29, 1.82) is 0 Å². The van der Waals surface area contributed by atoms with E-state index in [9.17, 15) is 9.59 Å². The van der Waals surface area contributed by atoms with Crippen molar-refractivity contribution in [2.45, 2.75) is 58.5 Å². The maximum atomic E-state index is 16.4. The fourth-order valence-electron chi connectivity index (χ4n) is 5.75. The molecule has 38 heavy (non-hydrogen) atoms. The van der Waals surface area contributed by atoms with E-state index in [0.717, 1.165) is 0 Å². The minimum Gasteiger partial charge on any atom is -0.354 e. The van der Waals surface area contributed by atoms with Crippen LogP contribution in [0.1, 0.15) is 46.6 Å². The molecule has 1 fully saturated rings. The molecular formula is C29H31ClF2N4O2. The van der Waals surface area contributed by atoms with Crippen LogP contribution >= 0.6 is 11.6 Å². The number of amides is 2. The zero-order valence-electron chi connectivity index (χ0n) is 22.4. The van der Waals surface area contributed by atoms with Gasteiger partial charge in [0.25, 0.3) is 5.91 Å². The van der Waals surface area contributed by atoms with Gasteiger partial charge in [-0.25, -0.2) is 8.78 Å². The molecule has 0 bridgehead atoms. The van der Waals surface area contributed by atoms with Crippen molar-refractivity contribution in [3.8, 4) is 11.1 Å². The monoisotopic (exact) mass is 540 g/mol. The summed E-state index contributed by atoms with van der Waals surface area (Å²) in [6.07, 6.45) is 1.83. The molecule has 2 aromatic carbocycles. The normalized spacial score (nSPS) is 19.6. The van der Waals surface area contributed by atoms with Gasteiger partial charge >= 0.3 is 0 Å². The predicted octanol–water partition coefficient (Wildman–Crippen LogP) is 5.92. The molecular weight excluding hydrogens is 510 g/mol. The summed E-state index contributed by atoms with van der Waals surface area (Å²) >= 11 is 6.75. The molecule has 2 amide bonds. The van der Waals surface area contributed by atoms with Crippen molar-refractivity contribution in [1.82, 2.24) is 9.88 Å². The maximum Gasteiger partial charge on any atom is 0.251 e. The van der Waals surface area contributed by atoms with E-state index in [1.807, 2.05) is 32.6 Å². The summed E-state index contributed by atoms with van der Waals surface area (Å²) in [5.41, 5.74) is 1.47. The van der Waals surface area contributed by atoms with Crippen LogP contribution in [0.5, 0.6) is 0 Å². The number of likely N-dealkylation sites (N-methyl/N-ethyl adjacent to an activating group) is 1. The Hall–Kier alpha value is -3.26. The van der Waals surface area contributed by atoms with E-state index in [2.05, 4.69) is 4.98 Å². The fourth-order valence-corrected chi connectivity index (χ4v) is 6.03. The van der Waals surface area contributed by atoms with Gasteiger partial charge in [-0.15, -0.1) is 0 Å². The molecule has 0 radical (unpaired) electrons. The summed E-state index contributed by atoms with van der Waals surface area (Å²) in [6.45, 7) is 10.2. The van der Waals surface area contributed by atoms with Crippen molar-refractivity contribution < 1.29 is 18.4 Å². The van der Waals surface area contributed by atoms with E-state index in [-0.39, 0.29) is 46.1 Å². The molecule has 0 saturated carbocycles. The first-order chi connectivity index (χ1) is 17.9. The fraction of sp³-hybridized carbons (Fsp3) is 0.414. The van der Waals surface area contributed by atoms with Gasteiger partial charge in [-0.3, -0.25) is 14.6 Å². The summed E-state index contributed by atoms with van der Waals surface area (Å²) in [4.78, 5) is 35.5. The number of anilines is 2. The highest BCUT2D eigenvalue weighted by atomic mass is 35.5. The van der Waals surface area contributed by atoms with Gasteiger partial charge in [-0.2, -0.15) is 0 Å². The molecule has 0 aliphatic carbocycles. The molecule has 1 aromatic heterocycles.